The molecule has 3 fully saturated rings. The van der Waals surface area contributed by atoms with Crippen molar-refractivity contribution < 1.29 is 19.1 Å². The quantitative estimate of drug-likeness (QED) is 0.791. The number of aliphatic hydroxyl groups is 1. The Hall–Kier alpha value is -0.233. The summed E-state index contributed by atoms with van der Waals surface area (Å²) in [6.45, 7) is 7.10. The van der Waals surface area contributed by atoms with Gasteiger partial charge in [0.2, 0.25) is 5.79 Å². The predicted molar refractivity (Wildman–Crippen MR) is 77.7 cm³/mol. The van der Waals surface area contributed by atoms with Gasteiger partial charge in [0.05, 0.1) is 12.7 Å². The van der Waals surface area contributed by atoms with Crippen molar-refractivity contribution >= 4 is 14.1 Å². The Morgan fingerprint density at radius 1 is 1.35 bits per heavy atom. The first-order valence-corrected chi connectivity index (χ1v) is 10.6. The van der Waals surface area contributed by atoms with Crippen molar-refractivity contribution in [1.29, 1.82) is 0 Å². The number of hydrogen-bond acceptors (Lipinski definition) is 4. The highest BCUT2D eigenvalue weighted by Gasteiger charge is 2.70. The zero-order valence-corrected chi connectivity index (χ0v) is 13.7. The van der Waals surface area contributed by atoms with E-state index in [1.165, 1.54) is 0 Å². The topological polar surface area (TPSA) is 55.8 Å². The fraction of sp³-hybridized carbons (Fsp3) is 0.933. The minimum Gasteiger partial charge on any atom is -0.413 e. The molecule has 2 bridgehead atoms. The maximum atomic E-state index is 12.4. The predicted octanol–water partition coefficient (Wildman–Crippen LogP) is 2.32. The second-order valence-electron chi connectivity index (χ2n) is 6.65. The third-order valence-electron chi connectivity index (χ3n) is 6.09. The molecule has 0 spiro atoms. The first-order chi connectivity index (χ1) is 9.51. The fourth-order valence-electron chi connectivity index (χ4n) is 4.63. The van der Waals surface area contributed by atoms with Crippen LogP contribution < -0.4 is 0 Å². The molecule has 5 heteroatoms. The first kappa shape index (κ1) is 14.7. The summed E-state index contributed by atoms with van der Waals surface area (Å²) in [6, 6.07) is 3.23. The molecule has 0 unspecified atom stereocenters. The van der Waals surface area contributed by atoms with Gasteiger partial charge in [0.15, 0.2) is 14.1 Å². The van der Waals surface area contributed by atoms with E-state index in [1.807, 2.05) is 0 Å². The van der Waals surface area contributed by atoms with Crippen molar-refractivity contribution in [3.05, 3.63) is 0 Å². The highest BCUT2D eigenvalue weighted by atomic mass is 28.4. The monoisotopic (exact) mass is 298 g/mol. The number of rotatable bonds is 5. The molecule has 3 aliphatic rings. The van der Waals surface area contributed by atoms with Gasteiger partial charge in [-0.3, -0.25) is 4.79 Å². The molecule has 20 heavy (non-hydrogen) atoms. The van der Waals surface area contributed by atoms with Gasteiger partial charge in [-0.2, -0.15) is 0 Å². The number of hydrogen-bond donors (Lipinski definition) is 1. The molecule has 0 aromatic rings. The molecule has 3 rings (SSSR count). The lowest BCUT2D eigenvalue weighted by atomic mass is 9.79. The van der Waals surface area contributed by atoms with Gasteiger partial charge in [-0.15, -0.1) is 0 Å². The minimum atomic E-state index is -1.76. The lowest BCUT2D eigenvalue weighted by Crippen LogP contribution is -2.54. The summed E-state index contributed by atoms with van der Waals surface area (Å²) < 4.78 is 12.1. The standard InChI is InChI=1S/C15H26O4Si/c1-4-20(5-2,6-3)19-13-11-9-10-7-8-18-15(17,12(10)13)14(11)16/h10-13,17H,4-9H2,1-3H3/t10-,11+,12-,13+,15-/m1/s1. The van der Waals surface area contributed by atoms with Crippen LogP contribution in [0, 0.1) is 17.8 Å². The van der Waals surface area contributed by atoms with Crippen molar-refractivity contribution in [2.75, 3.05) is 6.61 Å². The van der Waals surface area contributed by atoms with E-state index in [9.17, 15) is 9.90 Å². The van der Waals surface area contributed by atoms with Crippen LogP contribution in [0.1, 0.15) is 33.6 Å². The molecule has 1 N–H and O–H groups in total. The van der Waals surface area contributed by atoms with E-state index in [0.29, 0.717) is 12.5 Å². The maximum Gasteiger partial charge on any atom is 0.232 e. The second-order valence-corrected chi connectivity index (χ2v) is 11.4. The van der Waals surface area contributed by atoms with Crippen molar-refractivity contribution in [2.24, 2.45) is 17.8 Å². The molecule has 5 atom stereocenters. The average molecular weight is 298 g/mol. The van der Waals surface area contributed by atoms with Crippen LogP contribution in [-0.4, -0.2) is 37.7 Å². The number of ether oxygens (including phenoxy) is 1. The van der Waals surface area contributed by atoms with Crippen LogP contribution in [0.25, 0.3) is 0 Å². The van der Waals surface area contributed by atoms with Crippen LogP contribution >= 0.6 is 0 Å². The van der Waals surface area contributed by atoms with Gasteiger partial charge in [-0.05, 0) is 36.9 Å². The molecular weight excluding hydrogens is 272 g/mol. The van der Waals surface area contributed by atoms with Crippen molar-refractivity contribution in [2.45, 2.75) is 63.6 Å². The molecule has 2 saturated carbocycles. The number of Topliss-reactive ketones (excluding diaryl/α,β-unsaturated/α-hetero) is 1. The van der Waals surface area contributed by atoms with Crippen molar-refractivity contribution in [3.8, 4) is 0 Å². The van der Waals surface area contributed by atoms with E-state index >= 15 is 0 Å². The smallest absolute Gasteiger partial charge is 0.232 e. The lowest BCUT2D eigenvalue weighted by molar-refractivity contribution is -0.253. The Labute approximate surface area is 122 Å². The summed E-state index contributed by atoms with van der Waals surface area (Å²) in [7, 11) is -1.76. The SMILES string of the molecule is CC[Si](CC)(CC)O[C@@H]1[C@H]2[C@@H]3CCO[C@@]2(O)C(=O)[C@H]1C3. The minimum absolute atomic E-state index is 0.0932. The van der Waals surface area contributed by atoms with Gasteiger partial charge >= 0.3 is 0 Å². The molecule has 4 nitrogen and oxygen atoms in total. The summed E-state index contributed by atoms with van der Waals surface area (Å²) in [6.07, 6.45) is 1.75. The molecule has 114 valence electrons. The summed E-state index contributed by atoms with van der Waals surface area (Å²) in [5.41, 5.74) is 0. The van der Waals surface area contributed by atoms with Crippen LogP contribution in [0.15, 0.2) is 0 Å². The van der Waals surface area contributed by atoms with Gasteiger partial charge in [0.25, 0.3) is 0 Å². The molecule has 1 saturated heterocycles. The third kappa shape index (κ3) is 1.79. The Balaban J connectivity index is 1.87. The molecule has 1 aliphatic heterocycles. The van der Waals surface area contributed by atoms with Crippen LogP contribution in [-0.2, 0) is 14.0 Å². The zero-order valence-electron chi connectivity index (χ0n) is 12.7. The van der Waals surface area contributed by atoms with E-state index in [1.54, 1.807) is 0 Å². The number of carbonyl (C=O) groups is 1. The van der Waals surface area contributed by atoms with Gasteiger partial charge in [-0.25, -0.2) is 0 Å². The van der Waals surface area contributed by atoms with E-state index in [4.69, 9.17) is 9.16 Å². The molecule has 0 aromatic carbocycles. The Morgan fingerprint density at radius 3 is 2.60 bits per heavy atom. The van der Waals surface area contributed by atoms with Crippen LogP contribution in [0.2, 0.25) is 18.1 Å². The average Bonchev–Trinajstić information content (AvgIpc) is 2.91. The molecule has 1 heterocycles. The highest BCUT2D eigenvalue weighted by Crippen LogP contribution is 2.57. The highest BCUT2D eigenvalue weighted by molar-refractivity contribution is 6.73. The maximum absolute atomic E-state index is 12.4. The first-order valence-electron chi connectivity index (χ1n) is 8.09. The van der Waals surface area contributed by atoms with Crippen LogP contribution in [0.3, 0.4) is 0 Å². The van der Waals surface area contributed by atoms with Gasteiger partial charge < -0.3 is 14.3 Å². The fourth-order valence-corrected chi connectivity index (χ4v) is 7.52. The van der Waals surface area contributed by atoms with Crippen LogP contribution in [0.4, 0.5) is 0 Å². The summed E-state index contributed by atoms with van der Waals surface area (Å²) in [5, 5.41) is 10.6. The van der Waals surface area contributed by atoms with Gasteiger partial charge in [-0.1, -0.05) is 20.8 Å². The molecule has 0 aromatic heterocycles. The van der Waals surface area contributed by atoms with Crippen LogP contribution in [0.5, 0.6) is 0 Å². The van der Waals surface area contributed by atoms with E-state index in [2.05, 4.69) is 20.8 Å². The van der Waals surface area contributed by atoms with E-state index in [0.717, 1.165) is 31.0 Å². The molecular formula is C15H26O4Si. The number of ketones is 1. The Kier molecular flexibility index (Phi) is 3.60. The zero-order chi connectivity index (χ0) is 14.5. The van der Waals surface area contributed by atoms with Crippen molar-refractivity contribution in [3.63, 3.8) is 0 Å². The number of carbonyl (C=O) groups excluding carboxylic acids is 1. The summed E-state index contributed by atoms with van der Waals surface area (Å²) >= 11 is 0. The molecule has 0 radical (unpaired) electrons. The lowest BCUT2D eigenvalue weighted by Gasteiger charge is -2.41. The summed E-state index contributed by atoms with van der Waals surface area (Å²) in [5.74, 6) is -1.50. The summed E-state index contributed by atoms with van der Waals surface area (Å²) in [4.78, 5) is 12.4. The largest absolute Gasteiger partial charge is 0.413 e. The molecule has 0 amide bonds. The van der Waals surface area contributed by atoms with Gasteiger partial charge in [0.1, 0.15) is 0 Å². The number of fused-ring (bicyclic) bond motifs is 1. The third-order valence-corrected chi connectivity index (χ3v) is 10.7. The van der Waals surface area contributed by atoms with Gasteiger partial charge in [0, 0.05) is 11.8 Å². The normalized spacial score (nSPS) is 43.3. The van der Waals surface area contributed by atoms with E-state index in [-0.39, 0.29) is 23.7 Å². The Bertz CT molecular complexity index is 400. The molecule has 2 aliphatic carbocycles. The van der Waals surface area contributed by atoms with E-state index < -0.39 is 14.1 Å². The second kappa shape index (κ2) is 4.90. The van der Waals surface area contributed by atoms with Crippen molar-refractivity contribution in [1.82, 2.24) is 0 Å². The Morgan fingerprint density at radius 2 is 2.00 bits per heavy atom.